The molecule has 2 saturated carbocycles. The molecule has 2 aromatic rings. The number of para-hydroxylation sites is 2. The Morgan fingerprint density at radius 3 is 2.68 bits per heavy atom. The van der Waals surface area contributed by atoms with Gasteiger partial charge in [0.05, 0.1) is 11.0 Å². The van der Waals surface area contributed by atoms with Crippen LogP contribution in [0, 0.1) is 17.8 Å². The third-order valence-electron chi connectivity index (χ3n) is 6.44. The maximum atomic E-state index is 12.4. The number of nitrogens with one attached hydrogen (secondary N) is 1. The van der Waals surface area contributed by atoms with Crippen molar-refractivity contribution in [2.75, 3.05) is 0 Å². The van der Waals surface area contributed by atoms with E-state index in [0.29, 0.717) is 18.9 Å². The van der Waals surface area contributed by atoms with Gasteiger partial charge in [0.2, 0.25) is 5.91 Å². The van der Waals surface area contributed by atoms with Crippen LogP contribution < -0.4 is 11.0 Å². The minimum Gasteiger partial charge on any atom is -0.353 e. The lowest BCUT2D eigenvalue weighted by Crippen LogP contribution is -2.40. The van der Waals surface area contributed by atoms with Crippen molar-refractivity contribution in [3.05, 3.63) is 34.7 Å². The van der Waals surface area contributed by atoms with Crippen LogP contribution in [0.5, 0.6) is 0 Å². The van der Waals surface area contributed by atoms with E-state index in [1.807, 2.05) is 24.3 Å². The molecule has 1 heterocycles. The lowest BCUT2D eigenvalue weighted by Gasteiger charge is -2.28. The highest BCUT2D eigenvalue weighted by molar-refractivity contribution is 5.78. The van der Waals surface area contributed by atoms with Crippen LogP contribution in [0.25, 0.3) is 11.0 Å². The SMILES string of the molecule is CC(NC(=O)CCn1c(=O)n(C)c2ccccc21)C1CC2CCC1C2. The average molecular weight is 341 g/mol. The summed E-state index contributed by atoms with van der Waals surface area (Å²) in [6.45, 7) is 2.57. The quantitative estimate of drug-likeness (QED) is 0.909. The van der Waals surface area contributed by atoms with Crippen molar-refractivity contribution in [1.29, 1.82) is 0 Å². The second-order valence-corrected chi connectivity index (χ2v) is 7.93. The molecule has 25 heavy (non-hydrogen) atoms. The van der Waals surface area contributed by atoms with E-state index in [9.17, 15) is 9.59 Å². The number of amides is 1. The highest BCUT2D eigenvalue weighted by atomic mass is 16.2. The second-order valence-electron chi connectivity index (χ2n) is 7.93. The van der Waals surface area contributed by atoms with Gasteiger partial charge in [0.25, 0.3) is 0 Å². The molecule has 2 aliphatic rings. The molecule has 4 atom stereocenters. The number of aryl methyl sites for hydroxylation is 2. The molecule has 1 aromatic carbocycles. The van der Waals surface area contributed by atoms with Crippen molar-refractivity contribution in [3.8, 4) is 0 Å². The number of imidazole rings is 1. The van der Waals surface area contributed by atoms with E-state index in [1.54, 1.807) is 16.2 Å². The van der Waals surface area contributed by atoms with E-state index in [1.165, 1.54) is 25.7 Å². The third-order valence-corrected chi connectivity index (χ3v) is 6.44. The highest BCUT2D eigenvalue weighted by Gasteiger charge is 2.42. The first-order valence-corrected chi connectivity index (χ1v) is 9.48. The minimum absolute atomic E-state index is 0.0510. The Labute approximate surface area is 148 Å². The van der Waals surface area contributed by atoms with Crippen molar-refractivity contribution in [1.82, 2.24) is 14.5 Å². The fraction of sp³-hybridized carbons (Fsp3) is 0.600. The molecule has 1 aromatic heterocycles. The molecule has 5 nitrogen and oxygen atoms in total. The van der Waals surface area contributed by atoms with Crippen LogP contribution in [0.3, 0.4) is 0 Å². The largest absolute Gasteiger partial charge is 0.353 e. The average Bonchev–Trinajstić information content (AvgIpc) is 3.29. The molecule has 134 valence electrons. The summed E-state index contributed by atoms with van der Waals surface area (Å²) in [5.41, 5.74) is 1.74. The van der Waals surface area contributed by atoms with Crippen molar-refractivity contribution in [2.24, 2.45) is 24.8 Å². The summed E-state index contributed by atoms with van der Waals surface area (Å²) < 4.78 is 3.35. The van der Waals surface area contributed by atoms with Gasteiger partial charge in [-0.25, -0.2) is 4.79 Å². The van der Waals surface area contributed by atoms with Crippen LogP contribution in [-0.4, -0.2) is 21.1 Å². The number of rotatable bonds is 5. The Balaban J connectivity index is 1.39. The van der Waals surface area contributed by atoms with Crippen LogP contribution in [-0.2, 0) is 18.4 Å². The number of fused-ring (bicyclic) bond motifs is 3. The molecule has 0 spiro atoms. The molecule has 1 N–H and O–H groups in total. The van der Waals surface area contributed by atoms with Crippen LogP contribution >= 0.6 is 0 Å². The van der Waals surface area contributed by atoms with Gasteiger partial charge in [0.1, 0.15) is 0 Å². The highest BCUT2D eigenvalue weighted by Crippen LogP contribution is 2.49. The van der Waals surface area contributed by atoms with E-state index < -0.39 is 0 Å². The Morgan fingerprint density at radius 2 is 2.00 bits per heavy atom. The van der Waals surface area contributed by atoms with Crippen molar-refractivity contribution in [2.45, 2.75) is 51.6 Å². The van der Waals surface area contributed by atoms with Gasteiger partial charge in [0.15, 0.2) is 0 Å². The monoisotopic (exact) mass is 341 g/mol. The maximum absolute atomic E-state index is 12.4. The molecule has 1 amide bonds. The van der Waals surface area contributed by atoms with Gasteiger partial charge in [-0.15, -0.1) is 0 Å². The number of carbonyl (C=O) groups excluding carboxylic acids is 1. The fourth-order valence-corrected chi connectivity index (χ4v) is 5.13. The van der Waals surface area contributed by atoms with Gasteiger partial charge in [-0.3, -0.25) is 13.9 Å². The summed E-state index contributed by atoms with van der Waals surface area (Å²) in [6.07, 6.45) is 5.69. The normalized spacial score (nSPS) is 26.2. The van der Waals surface area contributed by atoms with E-state index in [0.717, 1.165) is 22.9 Å². The molecule has 4 rings (SSSR count). The van der Waals surface area contributed by atoms with Crippen LogP contribution in [0.15, 0.2) is 29.1 Å². The molecular formula is C20H27N3O2. The van der Waals surface area contributed by atoms with E-state index in [-0.39, 0.29) is 17.6 Å². The maximum Gasteiger partial charge on any atom is 0.328 e. The van der Waals surface area contributed by atoms with Crippen molar-refractivity contribution < 1.29 is 4.79 Å². The van der Waals surface area contributed by atoms with Gasteiger partial charge in [-0.2, -0.15) is 0 Å². The summed E-state index contributed by atoms with van der Waals surface area (Å²) >= 11 is 0. The number of benzene rings is 1. The predicted molar refractivity (Wildman–Crippen MR) is 98.3 cm³/mol. The van der Waals surface area contributed by atoms with Gasteiger partial charge in [-0.1, -0.05) is 18.6 Å². The molecule has 0 radical (unpaired) electrons. The van der Waals surface area contributed by atoms with Crippen LogP contribution in [0.2, 0.25) is 0 Å². The zero-order valence-corrected chi connectivity index (χ0v) is 15.1. The Hall–Kier alpha value is -2.04. The number of hydrogen-bond acceptors (Lipinski definition) is 2. The Morgan fingerprint density at radius 1 is 1.24 bits per heavy atom. The van der Waals surface area contributed by atoms with E-state index in [2.05, 4.69) is 12.2 Å². The molecule has 4 unspecified atom stereocenters. The topological polar surface area (TPSA) is 56.0 Å². The van der Waals surface area contributed by atoms with Crippen LogP contribution in [0.1, 0.15) is 39.0 Å². The summed E-state index contributed by atoms with van der Waals surface area (Å²) in [4.78, 5) is 24.8. The van der Waals surface area contributed by atoms with E-state index >= 15 is 0 Å². The first-order chi connectivity index (χ1) is 12.0. The van der Waals surface area contributed by atoms with Gasteiger partial charge in [0, 0.05) is 26.1 Å². The zero-order chi connectivity index (χ0) is 17.6. The van der Waals surface area contributed by atoms with E-state index in [4.69, 9.17) is 0 Å². The lowest BCUT2D eigenvalue weighted by molar-refractivity contribution is -0.122. The summed E-state index contributed by atoms with van der Waals surface area (Å²) in [6, 6.07) is 7.97. The number of hydrogen-bond donors (Lipinski definition) is 1. The molecule has 5 heteroatoms. The molecule has 0 aliphatic heterocycles. The van der Waals surface area contributed by atoms with Crippen molar-refractivity contribution >= 4 is 16.9 Å². The Bertz CT molecular complexity index is 850. The van der Waals surface area contributed by atoms with Crippen LogP contribution in [0.4, 0.5) is 0 Å². The molecule has 2 aliphatic carbocycles. The first-order valence-electron chi connectivity index (χ1n) is 9.48. The lowest BCUT2D eigenvalue weighted by atomic mass is 9.84. The summed E-state index contributed by atoms with van der Waals surface area (Å²) in [7, 11) is 1.78. The minimum atomic E-state index is -0.0600. The second kappa shape index (κ2) is 6.36. The standard InChI is InChI=1S/C20H27N3O2/c1-13(16-12-14-7-8-15(16)11-14)21-19(24)9-10-23-18-6-4-3-5-17(18)22(2)20(23)25/h3-6,13-16H,7-12H2,1-2H3,(H,21,24). The summed E-state index contributed by atoms with van der Waals surface area (Å²) in [5.74, 6) is 2.39. The zero-order valence-electron chi connectivity index (χ0n) is 15.1. The van der Waals surface area contributed by atoms with Crippen molar-refractivity contribution in [3.63, 3.8) is 0 Å². The number of aromatic nitrogens is 2. The number of carbonyl (C=O) groups is 1. The molecule has 0 saturated heterocycles. The smallest absolute Gasteiger partial charge is 0.328 e. The fourth-order valence-electron chi connectivity index (χ4n) is 5.13. The predicted octanol–water partition coefficient (Wildman–Crippen LogP) is 2.67. The molecule has 2 fully saturated rings. The molecule has 2 bridgehead atoms. The summed E-state index contributed by atoms with van der Waals surface area (Å²) in [5, 5.41) is 3.19. The molecular weight excluding hydrogens is 314 g/mol. The van der Waals surface area contributed by atoms with Gasteiger partial charge in [-0.05, 0) is 56.1 Å². The van der Waals surface area contributed by atoms with Gasteiger partial charge >= 0.3 is 5.69 Å². The van der Waals surface area contributed by atoms with Gasteiger partial charge < -0.3 is 5.32 Å². The first kappa shape index (κ1) is 16.4. The third kappa shape index (κ3) is 2.90. The number of nitrogens with zero attached hydrogens (tertiary/aromatic N) is 2. The Kier molecular flexibility index (Phi) is 4.18.